The Kier molecular flexibility index (Phi) is 4.77. The molecule has 0 bridgehead atoms. The van der Waals surface area contributed by atoms with Gasteiger partial charge in [0.2, 0.25) is 15.9 Å². The average Bonchev–Trinajstić information content (AvgIpc) is 2.26. The van der Waals surface area contributed by atoms with Gasteiger partial charge in [-0.15, -0.1) is 0 Å². The van der Waals surface area contributed by atoms with Gasteiger partial charge in [0, 0.05) is 5.54 Å². The number of sulfonamides is 1. The van der Waals surface area contributed by atoms with E-state index in [1.165, 1.54) is 31.2 Å². The third-order valence-corrected chi connectivity index (χ3v) is 3.97. The normalized spacial score (nSPS) is 13.8. The van der Waals surface area contributed by atoms with Gasteiger partial charge in [0.15, 0.2) is 0 Å². The van der Waals surface area contributed by atoms with Gasteiger partial charge in [-0.05, 0) is 39.8 Å². The first-order chi connectivity index (χ1) is 9.03. The van der Waals surface area contributed by atoms with Crippen molar-refractivity contribution >= 4 is 15.9 Å². The number of amides is 1. The minimum absolute atomic E-state index is 0.254. The van der Waals surface area contributed by atoms with Gasteiger partial charge in [-0.3, -0.25) is 4.79 Å². The molecule has 0 aromatic heterocycles. The first-order valence-corrected chi connectivity index (χ1v) is 7.63. The summed E-state index contributed by atoms with van der Waals surface area (Å²) in [5.41, 5.74) is -0.453. The summed E-state index contributed by atoms with van der Waals surface area (Å²) < 4.78 is 26.4. The monoisotopic (exact) mass is 300 g/mol. The van der Waals surface area contributed by atoms with E-state index < -0.39 is 27.5 Å². The maximum absolute atomic E-state index is 12.1. The van der Waals surface area contributed by atoms with Crippen LogP contribution in [-0.2, 0) is 14.8 Å². The van der Waals surface area contributed by atoms with Crippen molar-refractivity contribution in [2.45, 2.75) is 44.2 Å². The molecule has 0 aliphatic rings. The van der Waals surface area contributed by atoms with Crippen LogP contribution >= 0.6 is 0 Å². The fourth-order valence-electron chi connectivity index (χ4n) is 1.51. The molecule has 0 radical (unpaired) electrons. The smallest absolute Gasteiger partial charge is 0.244 e. The van der Waals surface area contributed by atoms with Crippen molar-refractivity contribution in [1.82, 2.24) is 10.0 Å². The molecule has 1 unspecified atom stereocenters. The van der Waals surface area contributed by atoms with E-state index in [1.807, 2.05) is 0 Å². The molecule has 6 nitrogen and oxygen atoms in total. The van der Waals surface area contributed by atoms with Gasteiger partial charge in [-0.2, -0.15) is 4.72 Å². The molecule has 1 rings (SSSR count). The Balaban J connectivity index is 2.87. The van der Waals surface area contributed by atoms with E-state index in [0.717, 1.165) is 0 Å². The van der Waals surface area contributed by atoms with Crippen molar-refractivity contribution in [3.8, 4) is 5.75 Å². The SMILES string of the molecule is CC(NS(=O)(=O)c1ccccc1O)C(=O)NC(C)(C)C. The number of aromatic hydroxyl groups is 1. The van der Waals surface area contributed by atoms with Crippen LogP contribution < -0.4 is 10.0 Å². The average molecular weight is 300 g/mol. The first kappa shape index (κ1) is 16.5. The highest BCUT2D eigenvalue weighted by Gasteiger charge is 2.26. The number of carbonyl (C=O) groups excluding carboxylic acids is 1. The topological polar surface area (TPSA) is 95.5 Å². The van der Waals surface area contributed by atoms with E-state index in [9.17, 15) is 18.3 Å². The number of hydrogen-bond donors (Lipinski definition) is 3. The lowest BCUT2D eigenvalue weighted by Gasteiger charge is -2.23. The summed E-state index contributed by atoms with van der Waals surface area (Å²) in [6.07, 6.45) is 0. The van der Waals surface area contributed by atoms with Gasteiger partial charge in [0.25, 0.3) is 0 Å². The van der Waals surface area contributed by atoms with Crippen LogP contribution in [0.15, 0.2) is 29.2 Å². The molecule has 1 aromatic carbocycles. The second kappa shape index (κ2) is 5.80. The first-order valence-electron chi connectivity index (χ1n) is 6.15. The highest BCUT2D eigenvalue weighted by molar-refractivity contribution is 7.89. The highest BCUT2D eigenvalue weighted by atomic mass is 32.2. The Morgan fingerprint density at radius 3 is 2.30 bits per heavy atom. The molecule has 112 valence electrons. The Hall–Kier alpha value is -1.60. The number of benzene rings is 1. The quantitative estimate of drug-likeness (QED) is 0.772. The summed E-state index contributed by atoms with van der Waals surface area (Å²) in [5, 5.41) is 12.2. The number of para-hydroxylation sites is 1. The van der Waals surface area contributed by atoms with Crippen LogP contribution in [0.4, 0.5) is 0 Å². The Bertz CT molecular complexity index is 591. The second-order valence-corrected chi connectivity index (χ2v) is 7.23. The molecule has 20 heavy (non-hydrogen) atoms. The van der Waals surface area contributed by atoms with Crippen LogP contribution in [0, 0.1) is 0 Å². The molecule has 1 amide bonds. The third-order valence-electron chi connectivity index (χ3n) is 2.38. The standard InChI is InChI=1S/C13H20N2O4S/c1-9(12(17)14-13(2,3)4)15-20(18,19)11-8-6-5-7-10(11)16/h5-9,15-16H,1-4H3,(H,14,17). The van der Waals surface area contributed by atoms with Gasteiger partial charge >= 0.3 is 0 Å². The van der Waals surface area contributed by atoms with E-state index in [-0.39, 0.29) is 10.6 Å². The molecule has 0 saturated heterocycles. The van der Waals surface area contributed by atoms with E-state index in [4.69, 9.17) is 0 Å². The molecule has 0 spiro atoms. The van der Waals surface area contributed by atoms with Crippen LogP contribution in [0.5, 0.6) is 5.75 Å². The van der Waals surface area contributed by atoms with Crippen molar-refractivity contribution in [2.24, 2.45) is 0 Å². The zero-order valence-corrected chi connectivity index (χ0v) is 12.8. The molecule has 0 aliphatic heterocycles. The van der Waals surface area contributed by atoms with Crippen LogP contribution in [0.1, 0.15) is 27.7 Å². The molecule has 1 aromatic rings. The molecule has 0 aliphatic carbocycles. The summed E-state index contributed by atoms with van der Waals surface area (Å²) in [5.74, 6) is -0.792. The molecule has 3 N–H and O–H groups in total. The van der Waals surface area contributed by atoms with Crippen LogP contribution in [0.3, 0.4) is 0 Å². The van der Waals surface area contributed by atoms with Gasteiger partial charge in [-0.25, -0.2) is 8.42 Å². The summed E-state index contributed by atoms with van der Waals surface area (Å²) in [6, 6.07) is 4.61. The van der Waals surface area contributed by atoms with E-state index in [2.05, 4.69) is 10.0 Å². The molecular formula is C13H20N2O4S. The fourth-order valence-corrected chi connectivity index (χ4v) is 2.81. The molecule has 7 heteroatoms. The fraction of sp³-hybridized carbons (Fsp3) is 0.462. The molecule has 1 atom stereocenters. The van der Waals surface area contributed by atoms with Crippen molar-refractivity contribution in [2.75, 3.05) is 0 Å². The third kappa shape index (κ3) is 4.50. The predicted molar refractivity (Wildman–Crippen MR) is 75.8 cm³/mol. The number of carbonyl (C=O) groups is 1. The zero-order chi connectivity index (χ0) is 15.6. The Morgan fingerprint density at radius 1 is 1.25 bits per heavy atom. The number of hydrogen-bond acceptors (Lipinski definition) is 4. The highest BCUT2D eigenvalue weighted by Crippen LogP contribution is 2.21. The summed E-state index contributed by atoms with van der Waals surface area (Å²) in [7, 11) is -3.95. The number of phenolic OH excluding ortho intramolecular Hbond substituents is 1. The lowest BCUT2D eigenvalue weighted by molar-refractivity contribution is -0.123. The number of nitrogens with one attached hydrogen (secondary N) is 2. The number of phenols is 1. The summed E-state index contributed by atoms with van der Waals surface area (Å²) in [4.78, 5) is 11.6. The Labute approximate surface area is 119 Å². The van der Waals surface area contributed by atoms with Crippen molar-refractivity contribution in [3.63, 3.8) is 0 Å². The lowest BCUT2D eigenvalue weighted by atomic mass is 10.1. The zero-order valence-electron chi connectivity index (χ0n) is 12.0. The molecular weight excluding hydrogens is 280 g/mol. The lowest BCUT2D eigenvalue weighted by Crippen LogP contribution is -2.50. The maximum atomic E-state index is 12.1. The predicted octanol–water partition coefficient (Wildman–Crippen LogP) is 0.974. The minimum atomic E-state index is -3.95. The number of rotatable bonds is 4. The van der Waals surface area contributed by atoms with Gasteiger partial charge in [0.1, 0.15) is 10.6 Å². The van der Waals surface area contributed by atoms with Gasteiger partial charge in [0.05, 0.1) is 6.04 Å². The van der Waals surface area contributed by atoms with Crippen molar-refractivity contribution in [3.05, 3.63) is 24.3 Å². The van der Waals surface area contributed by atoms with Crippen LogP contribution in [0.25, 0.3) is 0 Å². The molecule has 0 fully saturated rings. The minimum Gasteiger partial charge on any atom is -0.507 e. The summed E-state index contributed by atoms with van der Waals surface area (Å²) in [6.45, 7) is 6.85. The van der Waals surface area contributed by atoms with Crippen molar-refractivity contribution in [1.29, 1.82) is 0 Å². The van der Waals surface area contributed by atoms with Gasteiger partial charge in [-0.1, -0.05) is 12.1 Å². The molecule has 0 saturated carbocycles. The van der Waals surface area contributed by atoms with Crippen LogP contribution in [0.2, 0.25) is 0 Å². The second-order valence-electron chi connectivity index (χ2n) is 5.55. The Morgan fingerprint density at radius 2 is 1.80 bits per heavy atom. The van der Waals surface area contributed by atoms with E-state index in [0.29, 0.717) is 0 Å². The maximum Gasteiger partial charge on any atom is 0.244 e. The van der Waals surface area contributed by atoms with E-state index >= 15 is 0 Å². The molecule has 0 heterocycles. The van der Waals surface area contributed by atoms with Gasteiger partial charge < -0.3 is 10.4 Å². The van der Waals surface area contributed by atoms with E-state index in [1.54, 1.807) is 20.8 Å². The van der Waals surface area contributed by atoms with Crippen molar-refractivity contribution < 1.29 is 18.3 Å². The van der Waals surface area contributed by atoms with Crippen LogP contribution in [-0.4, -0.2) is 31.0 Å². The largest absolute Gasteiger partial charge is 0.507 e. The summed E-state index contributed by atoms with van der Waals surface area (Å²) >= 11 is 0.